The van der Waals surface area contributed by atoms with E-state index in [1.54, 1.807) is 0 Å². The van der Waals surface area contributed by atoms with E-state index in [-0.39, 0.29) is 88.7 Å². The van der Waals surface area contributed by atoms with Crippen molar-refractivity contribution in [2.75, 3.05) is 5.32 Å². The molecule has 0 bridgehead atoms. The second kappa shape index (κ2) is 13.3. The smallest absolute Gasteiger partial charge is 0.744 e. The van der Waals surface area contributed by atoms with Crippen LogP contribution in [0.2, 0.25) is 0 Å². The summed E-state index contributed by atoms with van der Waals surface area (Å²) < 4.78 is 103. The van der Waals surface area contributed by atoms with Crippen molar-refractivity contribution in [2.45, 2.75) is 14.7 Å². The van der Waals surface area contributed by atoms with E-state index in [0.717, 1.165) is 0 Å². The van der Waals surface area contributed by atoms with Crippen molar-refractivity contribution in [3.8, 4) is 5.75 Å². The first-order valence-electron chi connectivity index (χ1n) is 8.68. The minimum absolute atomic E-state index is 0. The van der Waals surface area contributed by atoms with E-state index in [1.165, 1.54) is 0 Å². The van der Waals surface area contributed by atoms with Gasteiger partial charge in [0.2, 0.25) is 0 Å². The second-order valence-corrected chi connectivity index (χ2v) is 10.9. The number of aromatic hydroxyl groups is 1. The summed E-state index contributed by atoms with van der Waals surface area (Å²) in [5, 5.41) is 22.2. The molecule has 0 aliphatic rings. The third kappa shape index (κ3) is 8.41. The summed E-state index contributed by atoms with van der Waals surface area (Å²) in [5.74, 6) is -2.39. The number of nitro groups is 1. The number of carbonyl (C=O) groups is 1. The van der Waals surface area contributed by atoms with Gasteiger partial charge in [0, 0.05) is 17.5 Å². The monoisotopic (exact) mass is 614 g/mol. The molecule has 0 aromatic heterocycles. The zero-order valence-electron chi connectivity index (χ0n) is 19.6. The molecular weight excluding hydrogens is 605 g/mol. The molecule has 3 aromatic carbocycles. The molecule has 0 spiro atoms. The molecule has 21 heteroatoms. The number of carbonyl (C=O) groups excluding carboxylic acids is 1. The van der Waals surface area contributed by atoms with Gasteiger partial charge < -0.3 is 24.1 Å². The first-order chi connectivity index (χ1) is 15.9. The average molecular weight is 614 g/mol. The molecule has 1 amide bonds. The van der Waals surface area contributed by atoms with E-state index in [1.807, 2.05) is 5.32 Å². The molecule has 186 valence electrons. The molecule has 0 aliphatic carbocycles. The van der Waals surface area contributed by atoms with Crippen LogP contribution in [-0.4, -0.2) is 54.8 Å². The zero-order chi connectivity index (χ0) is 26.5. The average Bonchev–Trinajstić information content (AvgIpc) is 2.70. The summed E-state index contributed by atoms with van der Waals surface area (Å²) in [5.41, 5.74) is -2.42. The molecule has 2 N–H and O–H groups in total. The fourth-order valence-corrected chi connectivity index (χ4v) is 4.79. The van der Waals surface area contributed by atoms with Gasteiger partial charge >= 0.3 is 88.7 Å². The van der Waals surface area contributed by atoms with Gasteiger partial charge in [-0.2, -0.15) is 0 Å². The number of phenols is 1. The van der Waals surface area contributed by atoms with Gasteiger partial charge in [0.15, 0.2) is 0 Å². The number of nitro benzene ring substituents is 1. The Kier molecular flexibility index (Phi) is 13.1. The molecule has 0 heterocycles. The van der Waals surface area contributed by atoms with Crippen molar-refractivity contribution in [3.05, 3.63) is 58.1 Å². The number of nitrogens with one attached hydrogen (secondary N) is 1. The molecule has 0 atom stereocenters. The molecule has 0 aliphatic heterocycles. The van der Waals surface area contributed by atoms with Crippen LogP contribution in [0.25, 0.3) is 10.8 Å². The van der Waals surface area contributed by atoms with E-state index >= 15 is 0 Å². The topological polar surface area (TPSA) is 264 Å². The van der Waals surface area contributed by atoms with Crippen molar-refractivity contribution in [3.63, 3.8) is 0 Å². The normalized spacial score (nSPS) is 11.4. The van der Waals surface area contributed by atoms with Crippen LogP contribution in [0.1, 0.15) is 10.4 Å². The van der Waals surface area contributed by atoms with Crippen molar-refractivity contribution >= 4 is 58.4 Å². The number of fused-ring (bicyclic) bond motifs is 1. The van der Waals surface area contributed by atoms with E-state index < -0.39 is 89.3 Å². The van der Waals surface area contributed by atoms with Crippen LogP contribution in [0.3, 0.4) is 0 Å². The van der Waals surface area contributed by atoms with Gasteiger partial charge in [-0.15, -0.1) is 0 Å². The van der Waals surface area contributed by atoms with Crippen molar-refractivity contribution < 1.29 is 142 Å². The van der Waals surface area contributed by atoms with Crippen LogP contribution in [0.4, 0.5) is 11.4 Å². The fourth-order valence-electron chi connectivity index (χ4n) is 3.03. The van der Waals surface area contributed by atoms with Crippen molar-refractivity contribution in [2.24, 2.45) is 0 Å². The van der Waals surface area contributed by atoms with Gasteiger partial charge in [0.25, 0.3) is 11.6 Å². The van der Waals surface area contributed by atoms with Gasteiger partial charge in [-0.1, -0.05) is 0 Å². The molecule has 0 fully saturated rings. The van der Waals surface area contributed by atoms with Crippen LogP contribution < -0.4 is 94.0 Å². The number of hydrogen-bond donors (Lipinski definition) is 2. The SMILES string of the molecule is O=C(Nc1cc(S(=O)(=O)[O-])cc2cc(S(=O)(=O)[O-])cc(O)c12)c1ccc([N+](=O)[O-])cc1S(=O)(=O)[O-].[Na+].[Na+].[Na+]. The van der Waals surface area contributed by atoms with E-state index in [0.29, 0.717) is 42.5 Å². The summed E-state index contributed by atoms with van der Waals surface area (Å²) in [4.78, 5) is 19.3. The molecule has 0 unspecified atom stereocenters. The number of anilines is 1. The molecule has 3 aromatic rings. The van der Waals surface area contributed by atoms with Gasteiger partial charge in [-0.05, 0) is 35.7 Å². The first-order valence-corrected chi connectivity index (χ1v) is 12.9. The molecular formula is C17H9N2Na3O13S3. The maximum atomic E-state index is 12.8. The standard InChI is InChI=1S/C17H12N2O13S3.3Na/c20-14-7-11(34(27,28)29)4-8-3-10(33(24,25)26)6-13(16(8)14)18-17(21)12-2-1-9(19(22)23)5-15(12)35(30,31)32;;;/h1-7,20H,(H,18,21)(H,24,25,26)(H,27,28,29)(H,30,31,32);;;/q;3*+1/p-3. The Bertz CT molecular complexity index is 1760. The van der Waals surface area contributed by atoms with Crippen LogP contribution >= 0.6 is 0 Å². The van der Waals surface area contributed by atoms with Gasteiger partial charge in [0.1, 0.15) is 36.1 Å². The van der Waals surface area contributed by atoms with Crippen molar-refractivity contribution in [1.29, 1.82) is 0 Å². The quantitative estimate of drug-likeness (QED) is 0.113. The largest absolute Gasteiger partial charge is 1.00 e. The summed E-state index contributed by atoms with van der Waals surface area (Å²) in [6.07, 6.45) is 0. The van der Waals surface area contributed by atoms with Gasteiger partial charge in [-0.25, -0.2) is 25.3 Å². The van der Waals surface area contributed by atoms with Crippen LogP contribution in [0.15, 0.2) is 57.2 Å². The number of rotatable bonds is 6. The summed E-state index contributed by atoms with van der Waals surface area (Å²) in [6, 6.07) is 3.88. The van der Waals surface area contributed by atoms with Gasteiger partial charge in [0.05, 0.1) is 30.9 Å². The third-order valence-corrected chi connectivity index (χ3v) is 6.99. The minimum Gasteiger partial charge on any atom is -0.744 e. The Hall–Kier alpha value is -0.680. The summed E-state index contributed by atoms with van der Waals surface area (Å²) in [7, 11) is -15.9. The van der Waals surface area contributed by atoms with Crippen LogP contribution in [0.5, 0.6) is 5.75 Å². The number of non-ortho nitro benzene ring substituents is 1. The predicted octanol–water partition coefficient (Wildman–Crippen LogP) is -8.57. The van der Waals surface area contributed by atoms with Crippen molar-refractivity contribution in [1.82, 2.24) is 0 Å². The molecule has 0 saturated carbocycles. The van der Waals surface area contributed by atoms with E-state index in [9.17, 15) is 58.9 Å². The Morgan fingerprint density at radius 2 is 1.29 bits per heavy atom. The predicted molar refractivity (Wildman–Crippen MR) is 111 cm³/mol. The Morgan fingerprint density at radius 3 is 1.74 bits per heavy atom. The fraction of sp³-hybridized carbons (Fsp3) is 0. The number of phenolic OH excluding ortho intramolecular Hbond substituents is 1. The minimum atomic E-state index is -5.44. The third-order valence-electron chi connectivity index (χ3n) is 4.49. The second-order valence-electron chi connectivity index (χ2n) is 6.77. The Morgan fingerprint density at radius 1 is 0.789 bits per heavy atom. The van der Waals surface area contributed by atoms with E-state index in [2.05, 4.69) is 0 Å². The molecule has 0 radical (unpaired) electrons. The summed E-state index contributed by atoms with van der Waals surface area (Å²) >= 11 is 0. The molecule has 0 saturated heterocycles. The number of nitrogens with zero attached hydrogens (tertiary/aromatic N) is 1. The first kappa shape index (κ1) is 37.3. The number of benzene rings is 3. The number of hydrogen-bond acceptors (Lipinski definition) is 13. The van der Waals surface area contributed by atoms with Crippen LogP contribution in [0, 0.1) is 10.1 Å². The Balaban J connectivity index is 0.00000456. The molecule has 3 rings (SSSR count). The number of amides is 1. The van der Waals surface area contributed by atoms with Crippen LogP contribution in [-0.2, 0) is 30.4 Å². The zero-order valence-corrected chi connectivity index (χ0v) is 28.0. The van der Waals surface area contributed by atoms with E-state index in [4.69, 9.17) is 0 Å². The molecule has 15 nitrogen and oxygen atoms in total. The Labute approximate surface area is 281 Å². The summed E-state index contributed by atoms with van der Waals surface area (Å²) in [6.45, 7) is 0. The maximum Gasteiger partial charge on any atom is 1.00 e. The van der Waals surface area contributed by atoms with Gasteiger partial charge in [-0.3, -0.25) is 14.9 Å². The maximum absolute atomic E-state index is 12.8. The molecule has 38 heavy (non-hydrogen) atoms.